The molecule has 0 fully saturated rings. The number of halogens is 2. The molecule has 0 aliphatic heterocycles. The van der Waals surface area contributed by atoms with Crippen LogP contribution in [0.2, 0.25) is 5.15 Å². The molecule has 0 amide bonds. The number of hydrogen-bond acceptors (Lipinski definition) is 3. The highest BCUT2D eigenvalue weighted by Crippen LogP contribution is 2.18. The number of benzene rings is 1. The Hall–Kier alpha value is -2.08. The van der Waals surface area contributed by atoms with Crippen LogP contribution in [0.25, 0.3) is 5.69 Å². The van der Waals surface area contributed by atoms with Crippen molar-refractivity contribution < 1.29 is 9.13 Å². The van der Waals surface area contributed by atoms with Crippen molar-refractivity contribution in [1.82, 2.24) is 9.55 Å². The van der Waals surface area contributed by atoms with Crippen LogP contribution in [0, 0.1) is 5.82 Å². The summed E-state index contributed by atoms with van der Waals surface area (Å²) in [5.74, 6) is -0.645. The molecule has 0 radical (unpaired) electrons. The van der Waals surface area contributed by atoms with Crippen molar-refractivity contribution in [2.75, 3.05) is 7.11 Å². The van der Waals surface area contributed by atoms with E-state index in [4.69, 9.17) is 16.3 Å². The summed E-state index contributed by atoms with van der Waals surface area (Å²) in [4.78, 5) is 25.5. The molecule has 0 saturated heterocycles. The van der Waals surface area contributed by atoms with Crippen LogP contribution >= 0.6 is 11.6 Å². The van der Waals surface area contributed by atoms with E-state index >= 15 is 0 Å². The molecule has 1 N–H and O–H groups in total. The third-order valence-electron chi connectivity index (χ3n) is 2.29. The van der Waals surface area contributed by atoms with Crippen LogP contribution in [-0.4, -0.2) is 16.7 Å². The molecule has 0 atom stereocenters. The van der Waals surface area contributed by atoms with Gasteiger partial charge in [-0.3, -0.25) is 9.78 Å². The van der Waals surface area contributed by atoms with Crippen LogP contribution in [0.4, 0.5) is 4.39 Å². The lowest BCUT2D eigenvalue weighted by Gasteiger charge is -2.06. The molecule has 0 aliphatic rings. The first kappa shape index (κ1) is 12.4. The predicted molar refractivity (Wildman–Crippen MR) is 64.2 cm³/mol. The number of nitrogens with zero attached hydrogens (tertiary/aromatic N) is 1. The second-order valence-electron chi connectivity index (χ2n) is 3.41. The molecule has 1 aromatic heterocycles. The van der Waals surface area contributed by atoms with Gasteiger partial charge in [-0.05, 0) is 12.1 Å². The zero-order chi connectivity index (χ0) is 13.3. The molecule has 0 unspecified atom stereocenters. The van der Waals surface area contributed by atoms with Crippen LogP contribution < -0.4 is 16.0 Å². The van der Waals surface area contributed by atoms with E-state index < -0.39 is 17.1 Å². The van der Waals surface area contributed by atoms with E-state index in [1.807, 2.05) is 0 Å². The second kappa shape index (κ2) is 4.66. The lowest BCUT2D eigenvalue weighted by Crippen LogP contribution is -2.32. The van der Waals surface area contributed by atoms with E-state index in [2.05, 4.69) is 4.98 Å². The first-order valence-electron chi connectivity index (χ1n) is 4.88. The zero-order valence-corrected chi connectivity index (χ0v) is 9.99. The van der Waals surface area contributed by atoms with Gasteiger partial charge in [0.25, 0.3) is 5.56 Å². The molecule has 1 heterocycles. The fraction of sp³-hybridized carbons (Fsp3) is 0.0909. The molecule has 2 rings (SSSR count). The van der Waals surface area contributed by atoms with Gasteiger partial charge in [0.2, 0.25) is 0 Å². The minimum Gasteiger partial charge on any atom is -0.494 e. The van der Waals surface area contributed by atoms with Gasteiger partial charge in [0.05, 0.1) is 12.8 Å². The summed E-state index contributed by atoms with van der Waals surface area (Å²) in [5.41, 5.74) is -1.29. The Morgan fingerprint density at radius 2 is 2.06 bits per heavy atom. The van der Waals surface area contributed by atoms with E-state index in [1.165, 1.54) is 19.2 Å². The van der Waals surface area contributed by atoms with Crippen molar-refractivity contribution in [3.63, 3.8) is 0 Å². The smallest absolute Gasteiger partial charge is 0.334 e. The minimum absolute atomic E-state index is 0.0252. The quantitative estimate of drug-likeness (QED) is 0.837. The number of ether oxygens (including phenoxy) is 1. The van der Waals surface area contributed by atoms with Gasteiger partial charge < -0.3 is 4.74 Å². The molecule has 18 heavy (non-hydrogen) atoms. The normalized spacial score (nSPS) is 10.4. The fourth-order valence-electron chi connectivity index (χ4n) is 1.51. The van der Waals surface area contributed by atoms with Gasteiger partial charge >= 0.3 is 5.69 Å². The second-order valence-corrected chi connectivity index (χ2v) is 3.82. The maximum absolute atomic E-state index is 13.5. The minimum atomic E-state index is -0.739. The lowest BCUT2D eigenvalue weighted by molar-refractivity contribution is 0.386. The SMILES string of the molecule is COc1ccc(-n2c(=O)cc(Cl)[nH]c2=O)cc1F. The standard InChI is InChI=1S/C11H8ClFN2O3/c1-18-8-3-2-6(4-7(8)13)15-10(16)5-9(12)14-11(15)17/h2-5H,1H3,(H,14,17). The molecule has 1 aromatic carbocycles. The summed E-state index contributed by atoms with van der Waals surface area (Å²) in [6.07, 6.45) is 0. The average Bonchev–Trinajstić information content (AvgIpc) is 2.27. The van der Waals surface area contributed by atoms with Crippen LogP contribution in [0.3, 0.4) is 0 Å². The van der Waals surface area contributed by atoms with Crippen LogP contribution in [0.15, 0.2) is 33.9 Å². The van der Waals surface area contributed by atoms with Gasteiger partial charge in [0.1, 0.15) is 5.15 Å². The summed E-state index contributed by atoms with van der Waals surface area (Å²) >= 11 is 5.53. The Labute approximate surface area is 105 Å². The van der Waals surface area contributed by atoms with Crippen molar-refractivity contribution in [1.29, 1.82) is 0 Å². The lowest BCUT2D eigenvalue weighted by atomic mass is 10.3. The van der Waals surface area contributed by atoms with Gasteiger partial charge in [0, 0.05) is 12.1 Å². The molecule has 0 bridgehead atoms. The highest BCUT2D eigenvalue weighted by Gasteiger charge is 2.09. The Kier molecular flexibility index (Phi) is 3.20. The molecule has 7 heteroatoms. The number of aromatic amines is 1. The van der Waals surface area contributed by atoms with Crippen molar-refractivity contribution in [2.24, 2.45) is 0 Å². The Balaban J connectivity index is 2.67. The van der Waals surface area contributed by atoms with Crippen molar-refractivity contribution in [3.8, 4) is 11.4 Å². The third kappa shape index (κ3) is 2.14. The molecule has 5 nitrogen and oxygen atoms in total. The van der Waals surface area contributed by atoms with Crippen LogP contribution in [0.1, 0.15) is 0 Å². The average molecular weight is 271 g/mol. The van der Waals surface area contributed by atoms with Crippen molar-refractivity contribution in [3.05, 3.63) is 56.1 Å². The summed E-state index contributed by atoms with van der Waals surface area (Å²) in [6, 6.07) is 4.78. The number of aromatic nitrogens is 2. The van der Waals surface area contributed by atoms with Crippen molar-refractivity contribution >= 4 is 11.6 Å². The first-order chi connectivity index (χ1) is 8.52. The van der Waals surface area contributed by atoms with Gasteiger partial charge in [0.15, 0.2) is 11.6 Å². The summed E-state index contributed by atoms with van der Waals surface area (Å²) in [5, 5.41) is -0.0739. The van der Waals surface area contributed by atoms with Crippen LogP contribution in [-0.2, 0) is 0 Å². The van der Waals surface area contributed by atoms with E-state index in [1.54, 1.807) is 0 Å². The van der Waals surface area contributed by atoms with Gasteiger partial charge in [-0.25, -0.2) is 13.8 Å². The number of H-pyrrole nitrogens is 1. The molecule has 2 aromatic rings. The number of rotatable bonds is 2. The zero-order valence-electron chi connectivity index (χ0n) is 9.24. The molecular weight excluding hydrogens is 263 g/mol. The molecule has 0 spiro atoms. The number of methoxy groups -OCH3 is 1. The summed E-state index contributed by atoms with van der Waals surface area (Å²) < 4.78 is 19.0. The van der Waals surface area contributed by atoms with E-state index in [0.29, 0.717) is 0 Å². The first-order valence-corrected chi connectivity index (χ1v) is 5.26. The highest BCUT2D eigenvalue weighted by molar-refractivity contribution is 6.29. The molecular formula is C11H8ClFN2O3. The number of nitrogens with one attached hydrogen (secondary N) is 1. The van der Waals surface area contributed by atoms with E-state index in [0.717, 1.165) is 16.7 Å². The number of hydrogen-bond donors (Lipinski definition) is 1. The summed E-state index contributed by atoms with van der Waals surface area (Å²) in [7, 11) is 1.32. The molecule has 0 aliphatic carbocycles. The monoisotopic (exact) mass is 270 g/mol. The Bertz CT molecular complexity index is 677. The van der Waals surface area contributed by atoms with Crippen LogP contribution in [0.5, 0.6) is 5.75 Å². The fourth-order valence-corrected chi connectivity index (χ4v) is 1.68. The maximum Gasteiger partial charge on any atom is 0.334 e. The largest absolute Gasteiger partial charge is 0.494 e. The Morgan fingerprint density at radius 3 is 2.61 bits per heavy atom. The summed E-state index contributed by atoms with van der Waals surface area (Å²) in [6.45, 7) is 0. The third-order valence-corrected chi connectivity index (χ3v) is 2.50. The highest BCUT2D eigenvalue weighted by atomic mass is 35.5. The Morgan fingerprint density at radius 1 is 1.33 bits per heavy atom. The van der Waals surface area contributed by atoms with E-state index in [9.17, 15) is 14.0 Å². The molecule has 0 saturated carbocycles. The van der Waals surface area contributed by atoms with E-state index in [-0.39, 0.29) is 16.6 Å². The maximum atomic E-state index is 13.5. The van der Waals surface area contributed by atoms with Crippen molar-refractivity contribution in [2.45, 2.75) is 0 Å². The predicted octanol–water partition coefficient (Wildman–Crippen LogP) is 1.33. The van der Waals surface area contributed by atoms with Gasteiger partial charge in [-0.1, -0.05) is 11.6 Å². The topological polar surface area (TPSA) is 64.1 Å². The molecule has 94 valence electrons. The van der Waals surface area contributed by atoms with Gasteiger partial charge in [-0.15, -0.1) is 0 Å². The van der Waals surface area contributed by atoms with Gasteiger partial charge in [-0.2, -0.15) is 0 Å².